The lowest BCUT2D eigenvalue weighted by Crippen LogP contribution is -2.36. The summed E-state index contributed by atoms with van der Waals surface area (Å²) in [7, 11) is 0. The molecule has 108 valence electrons. The summed E-state index contributed by atoms with van der Waals surface area (Å²) in [5, 5.41) is 4.97. The summed E-state index contributed by atoms with van der Waals surface area (Å²) in [5.41, 5.74) is 0.626. The minimum Gasteiger partial charge on any atom is -0.349 e. The molecule has 2 N–H and O–H groups in total. The molecule has 0 bridgehead atoms. The molecule has 1 aromatic heterocycles. The van der Waals surface area contributed by atoms with Crippen molar-refractivity contribution >= 4 is 11.8 Å². The number of carbonyl (C=O) groups is 2. The highest BCUT2D eigenvalue weighted by Crippen LogP contribution is 2.01. The average Bonchev–Trinajstić information content (AvgIpc) is 2.52. The van der Waals surface area contributed by atoms with Gasteiger partial charge in [0.2, 0.25) is 5.91 Å². The number of pyridine rings is 1. The first-order valence-corrected chi connectivity index (χ1v) is 6.36. The normalized spacial score (nSPS) is 9.95. The van der Waals surface area contributed by atoms with E-state index in [0.717, 1.165) is 0 Å². The summed E-state index contributed by atoms with van der Waals surface area (Å²) >= 11 is 0. The maximum absolute atomic E-state index is 13.3. The number of nitrogens with zero attached hydrogens (tertiary/aromatic N) is 1. The molecular formula is C15H14FN3O2. The maximum Gasteiger partial charge on any atom is 0.251 e. The number of rotatable bonds is 5. The van der Waals surface area contributed by atoms with Gasteiger partial charge in [0.05, 0.1) is 18.8 Å². The van der Waals surface area contributed by atoms with Gasteiger partial charge < -0.3 is 10.6 Å². The highest BCUT2D eigenvalue weighted by Gasteiger charge is 2.08. The van der Waals surface area contributed by atoms with Crippen LogP contribution in [0.3, 0.4) is 0 Å². The van der Waals surface area contributed by atoms with Crippen LogP contribution in [0.5, 0.6) is 0 Å². The van der Waals surface area contributed by atoms with E-state index in [0.29, 0.717) is 5.56 Å². The van der Waals surface area contributed by atoms with E-state index in [1.165, 1.54) is 18.3 Å². The fourth-order valence-corrected chi connectivity index (χ4v) is 1.65. The molecular weight excluding hydrogens is 273 g/mol. The molecule has 0 unspecified atom stereocenters. The van der Waals surface area contributed by atoms with Crippen molar-refractivity contribution in [2.45, 2.75) is 6.54 Å². The SMILES string of the molecule is O=C(CNC(=O)c1ccccc1)NCc1ncccc1F. The fraction of sp³-hybridized carbons (Fsp3) is 0.133. The Balaban J connectivity index is 1.78. The van der Waals surface area contributed by atoms with Crippen LogP contribution in [0.1, 0.15) is 16.1 Å². The van der Waals surface area contributed by atoms with Crippen LogP contribution in [0.15, 0.2) is 48.7 Å². The van der Waals surface area contributed by atoms with Crippen LogP contribution in [0.4, 0.5) is 4.39 Å². The summed E-state index contributed by atoms with van der Waals surface area (Å²) in [4.78, 5) is 27.1. The van der Waals surface area contributed by atoms with E-state index in [1.807, 2.05) is 0 Å². The summed E-state index contributed by atoms with van der Waals surface area (Å²) < 4.78 is 13.3. The van der Waals surface area contributed by atoms with Gasteiger partial charge in [-0.3, -0.25) is 14.6 Å². The largest absolute Gasteiger partial charge is 0.349 e. The van der Waals surface area contributed by atoms with E-state index in [1.54, 1.807) is 30.3 Å². The Morgan fingerprint density at radius 3 is 2.52 bits per heavy atom. The zero-order chi connectivity index (χ0) is 15.1. The average molecular weight is 287 g/mol. The Labute approximate surface area is 121 Å². The van der Waals surface area contributed by atoms with Crippen molar-refractivity contribution in [1.29, 1.82) is 0 Å². The van der Waals surface area contributed by atoms with E-state index in [-0.39, 0.29) is 24.7 Å². The monoisotopic (exact) mass is 287 g/mol. The third kappa shape index (κ3) is 4.38. The minimum absolute atomic E-state index is 0.0211. The van der Waals surface area contributed by atoms with Gasteiger partial charge in [0.25, 0.3) is 5.91 Å². The summed E-state index contributed by atoms with van der Waals surface area (Å²) in [6.07, 6.45) is 1.45. The molecule has 0 spiro atoms. The minimum atomic E-state index is -0.480. The zero-order valence-electron chi connectivity index (χ0n) is 11.2. The molecule has 5 nitrogen and oxygen atoms in total. The van der Waals surface area contributed by atoms with Crippen molar-refractivity contribution in [3.8, 4) is 0 Å². The van der Waals surface area contributed by atoms with Gasteiger partial charge in [-0.2, -0.15) is 0 Å². The standard InChI is InChI=1S/C15H14FN3O2/c16-12-7-4-8-17-13(12)9-18-14(20)10-19-15(21)11-5-2-1-3-6-11/h1-8H,9-10H2,(H,18,20)(H,19,21). The lowest BCUT2D eigenvalue weighted by Gasteiger charge is -2.07. The van der Waals surface area contributed by atoms with Crippen molar-refractivity contribution < 1.29 is 14.0 Å². The Hall–Kier alpha value is -2.76. The van der Waals surface area contributed by atoms with Crippen LogP contribution in [-0.4, -0.2) is 23.3 Å². The van der Waals surface area contributed by atoms with Gasteiger partial charge in [0.1, 0.15) is 5.82 Å². The number of amides is 2. The topological polar surface area (TPSA) is 71.1 Å². The predicted molar refractivity (Wildman–Crippen MR) is 74.8 cm³/mol. The molecule has 0 aliphatic rings. The van der Waals surface area contributed by atoms with Crippen molar-refractivity contribution in [2.24, 2.45) is 0 Å². The molecule has 0 saturated heterocycles. The predicted octanol–water partition coefficient (Wildman–Crippen LogP) is 1.27. The Kier molecular flexibility index (Phi) is 4.98. The molecule has 0 fully saturated rings. The second kappa shape index (κ2) is 7.14. The van der Waals surface area contributed by atoms with Crippen LogP contribution >= 0.6 is 0 Å². The van der Waals surface area contributed by atoms with Crippen molar-refractivity contribution in [3.05, 3.63) is 65.7 Å². The zero-order valence-corrected chi connectivity index (χ0v) is 11.2. The molecule has 0 atom stereocenters. The van der Waals surface area contributed by atoms with Crippen molar-refractivity contribution in [1.82, 2.24) is 15.6 Å². The highest BCUT2D eigenvalue weighted by molar-refractivity contribution is 5.96. The second-order valence-corrected chi connectivity index (χ2v) is 4.26. The molecule has 6 heteroatoms. The number of carbonyl (C=O) groups excluding carboxylic acids is 2. The highest BCUT2D eigenvalue weighted by atomic mass is 19.1. The Morgan fingerprint density at radius 2 is 1.81 bits per heavy atom. The van der Waals surface area contributed by atoms with Gasteiger partial charge in [0, 0.05) is 11.8 Å². The molecule has 2 aromatic rings. The van der Waals surface area contributed by atoms with Gasteiger partial charge in [-0.15, -0.1) is 0 Å². The van der Waals surface area contributed by atoms with Gasteiger partial charge in [-0.1, -0.05) is 18.2 Å². The number of aromatic nitrogens is 1. The van der Waals surface area contributed by atoms with Crippen LogP contribution in [0, 0.1) is 5.82 Å². The van der Waals surface area contributed by atoms with Crippen LogP contribution in [0.25, 0.3) is 0 Å². The molecule has 1 aromatic carbocycles. The Morgan fingerprint density at radius 1 is 1.05 bits per heavy atom. The number of halogens is 1. The lowest BCUT2D eigenvalue weighted by molar-refractivity contribution is -0.120. The van der Waals surface area contributed by atoms with Crippen LogP contribution in [-0.2, 0) is 11.3 Å². The first-order chi connectivity index (χ1) is 10.2. The van der Waals surface area contributed by atoms with Crippen LogP contribution < -0.4 is 10.6 Å². The Bertz CT molecular complexity index is 632. The van der Waals surface area contributed by atoms with Gasteiger partial charge in [0.15, 0.2) is 0 Å². The van der Waals surface area contributed by atoms with Gasteiger partial charge in [-0.05, 0) is 24.3 Å². The van der Waals surface area contributed by atoms with E-state index >= 15 is 0 Å². The molecule has 2 amide bonds. The third-order valence-electron chi connectivity index (χ3n) is 2.73. The van der Waals surface area contributed by atoms with Crippen molar-refractivity contribution in [2.75, 3.05) is 6.54 Å². The molecule has 0 saturated carbocycles. The summed E-state index contributed by atoms with van der Waals surface area (Å²) in [6, 6.07) is 11.3. The van der Waals surface area contributed by atoms with E-state index in [2.05, 4.69) is 15.6 Å². The van der Waals surface area contributed by atoms with E-state index in [9.17, 15) is 14.0 Å². The van der Waals surface area contributed by atoms with Crippen molar-refractivity contribution in [3.63, 3.8) is 0 Å². The number of hydrogen-bond acceptors (Lipinski definition) is 3. The molecule has 0 radical (unpaired) electrons. The third-order valence-corrected chi connectivity index (χ3v) is 2.73. The molecule has 1 heterocycles. The van der Waals surface area contributed by atoms with E-state index in [4.69, 9.17) is 0 Å². The first-order valence-electron chi connectivity index (χ1n) is 6.36. The van der Waals surface area contributed by atoms with Crippen LogP contribution in [0.2, 0.25) is 0 Å². The maximum atomic E-state index is 13.3. The number of nitrogens with one attached hydrogen (secondary N) is 2. The van der Waals surface area contributed by atoms with E-state index < -0.39 is 11.7 Å². The molecule has 0 aliphatic carbocycles. The second-order valence-electron chi connectivity index (χ2n) is 4.26. The smallest absolute Gasteiger partial charge is 0.251 e. The number of benzene rings is 1. The van der Waals surface area contributed by atoms with Gasteiger partial charge in [-0.25, -0.2) is 4.39 Å². The first kappa shape index (κ1) is 14.6. The summed E-state index contributed by atoms with van der Waals surface area (Å²) in [5.74, 6) is -1.23. The number of hydrogen-bond donors (Lipinski definition) is 2. The summed E-state index contributed by atoms with van der Waals surface area (Å²) in [6.45, 7) is -0.200. The quantitative estimate of drug-likeness (QED) is 0.870. The molecule has 21 heavy (non-hydrogen) atoms. The molecule has 2 rings (SSSR count). The molecule has 0 aliphatic heterocycles. The lowest BCUT2D eigenvalue weighted by atomic mass is 10.2. The van der Waals surface area contributed by atoms with Gasteiger partial charge >= 0.3 is 0 Å². The fourth-order valence-electron chi connectivity index (χ4n) is 1.65.